The number of phenols is 2. The van der Waals surface area contributed by atoms with Crippen molar-refractivity contribution < 1.29 is 34.1 Å². The number of phenolic OH excluding ortho intramolecular Hbond substituents is 2. The van der Waals surface area contributed by atoms with Gasteiger partial charge in [0.1, 0.15) is 36.8 Å². The molecule has 0 fully saturated rings. The number of esters is 1. The third-order valence-electron chi connectivity index (χ3n) is 6.40. The fraction of sp³-hybridized carbons (Fsp3) is 0.182. The minimum absolute atomic E-state index is 0.00944. The Morgan fingerprint density at radius 3 is 1.50 bits per heavy atom. The van der Waals surface area contributed by atoms with Crippen LogP contribution >= 0.6 is 0 Å². The van der Waals surface area contributed by atoms with E-state index in [2.05, 4.69) is 10.6 Å². The topological polar surface area (TPSA) is 134 Å². The number of ether oxygens (including phenoxy) is 2. The van der Waals surface area contributed by atoms with Gasteiger partial charge in [-0.1, -0.05) is 84.9 Å². The second-order valence-corrected chi connectivity index (χ2v) is 9.65. The molecule has 4 N–H and O–H groups in total. The van der Waals surface area contributed by atoms with E-state index in [-0.39, 0.29) is 37.6 Å². The van der Waals surface area contributed by atoms with Gasteiger partial charge in [-0.15, -0.1) is 0 Å². The first-order valence-corrected chi connectivity index (χ1v) is 13.4. The first-order valence-electron chi connectivity index (χ1n) is 13.4. The molecule has 9 nitrogen and oxygen atoms in total. The highest BCUT2D eigenvalue weighted by Crippen LogP contribution is 2.15. The molecule has 0 radical (unpaired) electrons. The lowest BCUT2D eigenvalue weighted by Gasteiger charge is -2.23. The smallest absolute Gasteiger partial charge is 0.408 e. The Balaban J connectivity index is 1.49. The molecule has 0 aliphatic carbocycles. The predicted molar refractivity (Wildman–Crippen MR) is 155 cm³/mol. The van der Waals surface area contributed by atoms with Crippen LogP contribution in [0.4, 0.5) is 4.79 Å². The maximum atomic E-state index is 13.6. The molecule has 2 amide bonds. The Morgan fingerprint density at radius 1 is 0.548 bits per heavy atom. The predicted octanol–water partition coefficient (Wildman–Crippen LogP) is 4.41. The zero-order chi connectivity index (χ0) is 29.7. The van der Waals surface area contributed by atoms with Crippen molar-refractivity contribution in [2.24, 2.45) is 0 Å². The van der Waals surface area contributed by atoms with E-state index in [0.29, 0.717) is 11.1 Å². The third-order valence-corrected chi connectivity index (χ3v) is 6.40. The van der Waals surface area contributed by atoms with Gasteiger partial charge in [0.15, 0.2) is 0 Å². The maximum absolute atomic E-state index is 13.6. The molecule has 0 bridgehead atoms. The van der Waals surface area contributed by atoms with Crippen LogP contribution in [0.2, 0.25) is 0 Å². The SMILES string of the molecule is O=C(N[C@H](Cc1ccc(O)cc1)C(=O)N[C@H](Cc1ccc(O)cc1)C(=O)OCc1ccccc1)OCc1ccccc1. The van der Waals surface area contributed by atoms with Crippen LogP contribution in [-0.4, -0.2) is 40.3 Å². The fourth-order valence-electron chi connectivity index (χ4n) is 4.15. The molecule has 4 aromatic carbocycles. The summed E-state index contributed by atoms with van der Waals surface area (Å²) in [5, 5.41) is 24.6. The largest absolute Gasteiger partial charge is 0.508 e. The first kappa shape index (κ1) is 29.7. The number of alkyl carbamates (subject to hydrolysis) is 1. The Kier molecular flexibility index (Phi) is 10.5. The average Bonchev–Trinajstić information content (AvgIpc) is 3.01. The molecule has 0 saturated carbocycles. The molecule has 0 heterocycles. The molecule has 0 spiro atoms. The zero-order valence-corrected chi connectivity index (χ0v) is 22.8. The van der Waals surface area contributed by atoms with Gasteiger partial charge in [0.2, 0.25) is 5.91 Å². The summed E-state index contributed by atoms with van der Waals surface area (Å²) in [5.41, 5.74) is 2.91. The van der Waals surface area contributed by atoms with E-state index in [1.165, 1.54) is 24.3 Å². The number of carbonyl (C=O) groups is 3. The molecule has 0 unspecified atom stereocenters. The summed E-state index contributed by atoms with van der Waals surface area (Å²) in [6.45, 7) is 0.0259. The highest BCUT2D eigenvalue weighted by atomic mass is 16.5. The van der Waals surface area contributed by atoms with Crippen molar-refractivity contribution in [3.8, 4) is 11.5 Å². The molecule has 216 valence electrons. The van der Waals surface area contributed by atoms with Gasteiger partial charge in [0.05, 0.1) is 0 Å². The number of rotatable bonds is 12. The van der Waals surface area contributed by atoms with Crippen LogP contribution in [0.15, 0.2) is 109 Å². The Labute approximate surface area is 243 Å². The van der Waals surface area contributed by atoms with Crippen LogP contribution in [0.1, 0.15) is 22.3 Å². The highest BCUT2D eigenvalue weighted by molar-refractivity contribution is 5.90. The highest BCUT2D eigenvalue weighted by Gasteiger charge is 2.29. The van der Waals surface area contributed by atoms with Gasteiger partial charge < -0.3 is 30.3 Å². The molecule has 0 aliphatic rings. The van der Waals surface area contributed by atoms with Crippen LogP contribution in [0.25, 0.3) is 0 Å². The second-order valence-electron chi connectivity index (χ2n) is 9.65. The number of aromatic hydroxyl groups is 2. The van der Waals surface area contributed by atoms with Gasteiger partial charge in [0.25, 0.3) is 0 Å². The van der Waals surface area contributed by atoms with Gasteiger partial charge in [0, 0.05) is 12.8 Å². The summed E-state index contributed by atoms with van der Waals surface area (Å²) in [6.07, 6.45) is -0.652. The van der Waals surface area contributed by atoms with Crippen LogP contribution in [-0.2, 0) is 45.1 Å². The lowest BCUT2D eigenvalue weighted by Crippen LogP contribution is -2.53. The van der Waals surface area contributed by atoms with E-state index in [1.807, 2.05) is 60.7 Å². The number of carbonyl (C=O) groups excluding carboxylic acids is 3. The summed E-state index contributed by atoms with van der Waals surface area (Å²) in [7, 11) is 0. The lowest BCUT2D eigenvalue weighted by molar-refractivity contribution is -0.149. The first-order chi connectivity index (χ1) is 20.4. The van der Waals surface area contributed by atoms with Gasteiger partial charge in [-0.3, -0.25) is 4.79 Å². The molecule has 4 rings (SSSR count). The molecule has 0 saturated heterocycles. The van der Waals surface area contributed by atoms with Crippen LogP contribution < -0.4 is 10.6 Å². The van der Waals surface area contributed by atoms with E-state index in [4.69, 9.17) is 9.47 Å². The Morgan fingerprint density at radius 2 is 1.00 bits per heavy atom. The van der Waals surface area contributed by atoms with E-state index >= 15 is 0 Å². The average molecular weight is 569 g/mol. The molecular weight excluding hydrogens is 536 g/mol. The zero-order valence-electron chi connectivity index (χ0n) is 22.8. The second kappa shape index (κ2) is 14.9. The van der Waals surface area contributed by atoms with Crippen LogP contribution in [0.3, 0.4) is 0 Å². The maximum Gasteiger partial charge on any atom is 0.408 e. The monoisotopic (exact) mass is 568 g/mol. The molecular formula is C33H32N2O7. The van der Waals surface area contributed by atoms with Gasteiger partial charge in [-0.2, -0.15) is 0 Å². The number of hydrogen-bond donors (Lipinski definition) is 4. The minimum atomic E-state index is -1.11. The van der Waals surface area contributed by atoms with E-state index < -0.39 is 30.1 Å². The molecule has 42 heavy (non-hydrogen) atoms. The summed E-state index contributed by atoms with van der Waals surface area (Å²) in [4.78, 5) is 39.5. The van der Waals surface area contributed by atoms with E-state index in [0.717, 1.165) is 11.1 Å². The third kappa shape index (κ3) is 9.41. The van der Waals surface area contributed by atoms with Crippen molar-refractivity contribution in [3.05, 3.63) is 131 Å². The summed E-state index contributed by atoms with van der Waals surface area (Å²) in [6, 6.07) is 28.5. The van der Waals surface area contributed by atoms with Crippen molar-refractivity contribution in [2.45, 2.75) is 38.1 Å². The molecule has 0 aliphatic heterocycles. The van der Waals surface area contributed by atoms with Gasteiger partial charge in [-0.25, -0.2) is 9.59 Å². The minimum Gasteiger partial charge on any atom is -0.508 e. The fourth-order valence-corrected chi connectivity index (χ4v) is 4.15. The quantitative estimate of drug-likeness (QED) is 0.186. The van der Waals surface area contributed by atoms with Gasteiger partial charge >= 0.3 is 12.1 Å². The van der Waals surface area contributed by atoms with Crippen LogP contribution in [0, 0.1) is 0 Å². The van der Waals surface area contributed by atoms with Crippen molar-refractivity contribution in [1.29, 1.82) is 0 Å². The van der Waals surface area contributed by atoms with E-state index in [9.17, 15) is 24.6 Å². The van der Waals surface area contributed by atoms with Crippen molar-refractivity contribution in [3.63, 3.8) is 0 Å². The number of nitrogens with one attached hydrogen (secondary N) is 2. The normalized spacial score (nSPS) is 12.0. The van der Waals surface area contributed by atoms with E-state index in [1.54, 1.807) is 24.3 Å². The lowest BCUT2D eigenvalue weighted by atomic mass is 10.0. The molecule has 2 atom stereocenters. The Bertz CT molecular complexity index is 1440. The van der Waals surface area contributed by atoms with Crippen molar-refractivity contribution >= 4 is 18.0 Å². The standard InChI is InChI=1S/C33H32N2O7/c36-27-15-11-23(12-16-27)19-29(35-33(40)42-22-26-9-5-2-6-10-26)31(38)34-30(20-24-13-17-28(37)18-14-24)32(39)41-21-25-7-3-1-4-8-25/h1-18,29-30,36-37H,19-22H2,(H,34,38)(H,35,40)/t29-,30-/m1/s1. The molecule has 9 heteroatoms. The number of hydrogen-bond acceptors (Lipinski definition) is 7. The molecule has 0 aromatic heterocycles. The number of amides is 2. The summed E-state index contributed by atoms with van der Waals surface area (Å²) in [5.74, 6) is -1.15. The summed E-state index contributed by atoms with van der Waals surface area (Å²) < 4.78 is 10.9. The number of benzene rings is 4. The Hall–Kier alpha value is -5.31. The van der Waals surface area contributed by atoms with Crippen molar-refractivity contribution in [1.82, 2.24) is 10.6 Å². The van der Waals surface area contributed by atoms with Crippen molar-refractivity contribution in [2.75, 3.05) is 0 Å². The van der Waals surface area contributed by atoms with Crippen LogP contribution in [0.5, 0.6) is 11.5 Å². The van der Waals surface area contributed by atoms with Gasteiger partial charge in [-0.05, 0) is 46.5 Å². The summed E-state index contributed by atoms with van der Waals surface area (Å²) >= 11 is 0. The molecule has 4 aromatic rings.